The number of hydrogen-bond donors (Lipinski definition) is 2. The van der Waals surface area contributed by atoms with E-state index < -0.39 is 6.04 Å². The summed E-state index contributed by atoms with van der Waals surface area (Å²) in [5.41, 5.74) is 9.95. The van der Waals surface area contributed by atoms with Crippen LogP contribution >= 0.6 is 0 Å². The highest BCUT2D eigenvalue weighted by atomic mass is 16.1. The SMILES string of the molecule is Cc1ccc([C@@H](N[C@H](C(N)=O)c2ccccc2)c2ccccc2)cc1. The molecule has 0 bridgehead atoms. The fraction of sp³-hybridized carbons (Fsp3) is 0.136. The second kappa shape index (κ2) is 7.77. The molecule has 0 radical (unpaired) electrons. The van der Waals surface area contributed by atoms with Gasteiger partial charge in [0.05, 0.1) is 6.04 Å². The first-order chi connectivity index (χ1) is 12.1. The first-order valence-corrected chi connectivity index (χ1v) is 8.37. The number of hydrogen-bond acceptors (Lipinski definition) is 2. The van der Waals surface area contributed by atoms with Crippen molar-refractivity contribution < 1.29 is 4.79 Å². The fourth-order valence-corrected chi connectivity index (χ4v) is 2.94. The van der Waals surface area contributed by atoms with Crippen LogP contribution < -0.4 is 11.1 Å². The quantitative estimate of drug-likeness (QED) is 0.720. The molecule has 0 heterocycles. The van der Waals surface area contributed by atoms with E-state index >= 15 is 0 Å². The van der Waals surface area contributed by atoms with Crippen LogP contribution in [0, 0.1) is 6.92 Å². The molecule has 3 rings (SSSR count). The van der Waals surface area contributed by atoms with Crippen molar-refractivity contribution in [1.29, 1.82) is 0 Å². The van der Waals surface area contributed by atoms with Crippen LogP contribution in [0.3, 0.4) is 0 Å². The van der Waals surface area contributed by atoms with Gasteiger partial charge in [0.2, 0.25) is 5.91 Å². The summed E-state index contributed by atoms with van der Waals surface area (Å²) in [5, 5.41) is 3.45. The average Bonchev–Trinajstić information content (AvgIpc) is 2.65. The van der Waals surface area contributed by atoms with Gasteiger partial charge in [0.1, 0.15) is 6.04 Å². The Hall–Kier alpha value is -2.91. The van der Waals surface area contributed by atoms with E-state index in [9.17, 15) is 4.79 Å². The number of aryl methyl sites for hydroxylation is 1. The smallest absolute Gasteiger partial charge is 0.239 e. The Balaban J connectivity index is 1.99. The number of benzene rings is 3. The lowest BCUT2D eigenvalue weighted by molar-refractivity contribution is -0.120. The van der Waals surface area contributed by atoms with Crippen LogP contribution in [0.5, 0.6) is 0 Å². The van der Waals surface area contributed by atoms with Gasteiger partial charge in [-0.15, -0.1) is 0 Å². The Bertz CT molecular complexity index is 814. The van der Waals surface area contributed by atoms with Crippen molar-refractivity contribution >= 4 is 5.91 Å². The average molecular weight is 330 g/mol. The molecule has 0 aliphatic carbocycles. The number of carbonyl (C=O) groups is 1. The van der Waals surface area contributed by atoms with Crippen molar-refractivity contribution in [3.63, 3.8) is 0 Å². The molecule has 0 saturated carbocycles. The molecule has 0 fully saturated rings. The molecule has 0 aliphatic heterocycles. The van der Waals surface area contributed by atoms with E-state index in [0.29, 0.717) is 0 Å². The predicted molar refractivity (Wildman–Crippen MR) is 101 cm³/mol. The lowest BCUT2D eigenvalue weighted by Gasteiger charge is -2.25. The maximum absolute atomic E-state index is 12.1. The van der Waals surface area contributed by atoms with Crippen molar-refractivity contribution in [3.8, 4) is 0 Å². The van der Waals surface area contributed by atoms with Gasteiger partial charge in [-0.05, 0) is 23.6 Å². The first-order valence-electron chi connectivity index (χ1n) is 8.37. The number of primary amides is 1. The van der Waals surface area contributed by atoms with E-state index in [1.54, 1.807) is 0 Å². The molecule has 2 atom stereocenters. The van der Waals surface area contributed by atoms with Crippen LogP contribution in [0.2, 0.25) is 0 Å². The van der Waals surface area contributed by atoms with Gasteiger partial charge in [-0.3, -0.25) is 10.1 Å². The van der Waals surface area contributed by atoms with Gasteiger partial charge in [0.25, 0.3) is 0 Å². The summed E-state index contributed by atoms with van der Waals surface area (Å²) < 4.78 is 0. The third kappa shape index (κ3) is 4.14. The third-order valence-corrected chi connectivity index (χ3v) is 4.29. The molecule has 3 heteroatoms. The predicted octanol–water partition coefficient (Wildman–Crippen LogP) is 3.90. The molecule has 0 unspecified atom stereocenters. The number of carbonyl (C=O) groups excluding carboxylic acids is 1. The minimum absolute atomic E-state index is 0.125. The van der Waals surface area contributed by atoms with E-state index in [1.165, 1.54) is 5.56 Å². The topological polar surface area (TPSA) is 55.1 Å². The lowest BCUT2D eigenvalue weighted by Crippen LogP contribution is -2.36. The van der Waals surface area contributed by atoms with Crippen LogP contribution in [0.25, 0.3) is 0 Å². The maximum atomic E-state index is 12.1. The summed E-state index contributed by atoms with van der Waals surface area (Å²) in [6, 6.07) is 27.3. The zero-order valence-electron chi connectivity index (χ0n) is 14.2. The molecule has 3 aromatic rings. The molecule has 25 heavy (non-hydrogen) atoms. The van der Waals surface area contributed by atoms with E-state index in [4.69, 9.17) is 5.73 Å². The van der Waals surface area contributed by atoms with Gasteiger partial charge in [-0.25, -0.2) is 0 Å². The van der Waals surface area contributed by atoms with Crippen LogP contribution in [0.4, 0.5) is 0 Å². The highest BCUT2D eigenvalue weighted by Crippen LogP contribution is 2.26. The van der Waals surface area contributed by atoms with E-state index in [1.807, 2.05) is 48.5 Å². The van der Waals surface area contributed by atoms with E-state index in [-0.39, 0.29) is 11.9 Å². The molecule has 3 aromatic carbocycles. The highest BCUT2D eigenvalue weighted by Gasteiger charge is 2.23. The zero-order chi connectivity index (χ0) is 17.6. The minimum Gasteiger partial charge on any atom is -0.368 e. The Morgan fingerprint density at radius 3 is 1.76 bits per heavy atom. The minimum atomic E-state index is -0.562. The standard InChI is InChI=1S/C22H22N2O/c1-16-12-14-19(15-13-16)20(17-8-4-2-5-9-17)24-21(22(23)25)18-10-6-3-7-11-18/h2-15,20-21,24H,1H3,(H2,23,25)/t20-,21-/m0/s1. The van der Waals surface area contributed by atoms with Crippen LogP contribution in [-0.4, -0.2) is 5.91 Å². The summed E-state index contributed by atoms with van der Waals surface area (Å²) >= 11 is 0. The number of nitrogens with two attached hydrogens (primary N) is 1. The molecule has 3 nitrogen and oxygen atoms in total. The Morgan fingerprint density at radius 1 is 0.760 bits per heavy atom. The van der Waals surface area contributed by atoms with Crippen molar-refractivity contribution in [3.05, 3.63) is 107 Å². The Kier molecular flexibility index (Phi) is 5.26. The zero-order valence-corrected chi connectivity index (χ0v) is 14.2. The largest absolute Gasteiger partial charge is 0.368 e. The highest BCUT2D eigenvalue weighted by molar-refractivity contribution is 5.81. The van der Waals surface area contributed by atoms with Crippen molar-refractivity contribution in [1.82, 2.24) is 5.32 Å². The molecule has 0 aromatic heterocycles. The molecule has 0 aliphatic rings. The van der Waals surface area contributed by atoms with Crippen LogP contribution in [-0.2, 0) is 4.79 Å². The van der Waals surface area contributed by atoms with Gasteiger partial charge in [0, 0.05) is 0 Å². The molecule has 0 saturated heterocycles. The molecule has 3 N–H and O–H groups in total. The van der Waals surface area contributed by atoms with Gasteiger partial charge in [0.15, 0.2) is 0 Å². The van der Waals surface area contributed by atoms with E-state index in [0.717, 1.165) is 16.7 Å². The first kappa shape index (κ1) is 16.9. The molecule has 126 valence electrons. The Morgan fingerprint density at radius 2 is 1.24 bits per heavy atom. The van der Waals surface area contributed by atoms with Crippen LogP contribution in [0.1, 0.15) is 34.3 Å². The number of amides is 1. The second-order valence-corrected chi connectivity index (χ2v) is 6.17. The van der Waals surface area contributed by atoms with Crippen molar-refractivity contribution in [2.24, 2.45) is 5.73 Å². The van der Waals surface area contributed by atoms with Gasteiger partial charge in [-0.2, -0.15) is 0 Å². The lowest BCUT2D eigenvalue weighted by atomic mass is 9.95. The van der Waals surface area contributed by atoms with Gasteiger partial charge in [-0.1, -0.05) is 90.5 Å². The number of nitrogens with one attached hydrogen (secondary N) is 1. The summed E-state index contributed by atoms with van der Waals surface area (Å²) in [4.78, 5) is 12.1. The van der Waals surface area contributed by atoms with E-state index in [2.05, 4.69) is 48.6 Å². The normalized spacial score (nSPS) is 13.2. The Labute approximate surface area is 148 Å². The summed E-state index contributed by atoms with van der Waals surface area (Å²) in [6.07, 6.45) is 0. The monoisotopic (exact) mass is 330 g/mol. The summed E-state index contributed by atoms with van der Waals surface area (Å²) in [6.45, 7) is 2.06. The molecular formula is C22H22N2O. The molecular weight excluding hydrogens is 308 g/mol. The van der Waals surface area contributed by atoms with Gasteiger partial charge < -0.3 is 5.73 Å². The summed E-state index contributed by atoms with van der Waals surface area (Å²) in [7, 11) is 0. The molecule has 0 spiro atoms. The second-order valence-electron chi connectivity index (χ2n) is 6.17. The fourth-order valence-electron chi connectivity index (χ4n) is 2.94. The van der Waals surface area contributed by atoms with Crippen LogP contribution in [0.15, 0.2) is 84.9 Å². The third-order valence-electron chi connectivity index (χ3n) is 4.29. The maximum Gasteiger partial charge on any atom is 0.239 e. The number of rotatable bonds is 6. The molecule has 1 amide bonds. The summed E-state index contributed by atoms with van der Waals surface area (Å²) in [5.74, 6) is -0.390. The van der Waals surface area contributed by atoms with Gasteiger partial charge >= 0.3 is 0 Å². The van der Waals surface area contributed by atoms with Crippen molar-refractivity contribution in [2.45, 2.75) is 19.0 Å². The van der Waals surface area contributed by atoms with Crippen molar-refractivity contribution in [2.75, 3.05) is 0 Å².